The van der Waals surface area contributed by atoms with Crippen LogP contribution in [0.4, 0.5) is 0 Å². The number of aliphatic imine (C=N–C) groups is 1. The molecule has 0 aromatic heterocycles. The molecule has 1 heterocycles. The van der Waals surface area contributed by atoms with E-state index in [1.54, 1.807) is 0 Å². The van der Waals surface area contributed by atoms with Crippen molar-refractivity contribution in [3.05, 3.63) is 59.7 Å². The molecule has 118 valence electrons. The lowest BCUT2D eigenvalue weighted by molar-refractivity contribution is 0.201. The molecule has 1 aliphatic heterocycles. The van der Waals surface area contributed by atoms with Gasteiger partial charge in [-0.3, -0.25) is 0 Å². The molecular weight excluding hydrogens is 291 g/mol. The Bertz CT molecular complexity index is 718. The molecule has 0 bridgehead atoms. The van der Waals surface area contributed by atoms with Crippen molar-refractivity contribution in [3.8, 4) is 5.75 Å². The predicted octanol–water partition coefficient (Wildman–Crippen LogP) is -0.0954. The van der Waals surface area contributed by atoms with Crippen LogP contribution in [0.3, 0.4) is 0 Å². The van der Waals surface area contributed by atoms with Gasteiger partial charge in [0.25, 0.3) is 6.02 Å². The SMILES string of the molecule is Bc1cccc(C2(c3ccc(OCCO)cc3)COC(N)=N2)c1. The largest absolute Gasteiger partial charge is 0.491 e. The van der Waals surface area contributed by atoms with Crippen molar-refractivity contribution >= 4 is 19.3 Å². The van der Waals surface area contributed by atoms with Crippen LogP contribution in [0.1, 0.15) is 11.1 Å². The minimum absolute atomic E-state index is 0.0103. The fourth-order valence-corrected chi connectivity index (χ4v) is 2.79. The summed E-state index contributed by atoms with van der Waals surface area (Å²) in [5.74, 6) is 0.707. The first-order valence-corrected chi connectivity index (χ1v) is 7.53. The molecule has 2 aromatic carbocycles. The third kappa shape index (κ3) is 3.03. The summed E-state index contributed by atoms with van der Waals surface area (Å²) in [6, 6.07) is 16.0. The fraction of sp³-hybridized carbons (Fsp3) is 0.235. The molecule has 23 heavy (non-hydrogen) atoms. The van der Waals surface area contributed by atoms with Crippen molar-refractivity contribution in [3.63, 3.8) is 0 Å². The summed E-state index contributed by atoms with van der Waals surface area (Å²) in [6.45, 7) is 0.638. The van der Waals surface area contributed by atoms with Crippen molar-refractivity contribution in [2.24, 2.45) is 10.7 Å². The van der Waals surface area contributed by atoms with Gasteiger partial charge in [0.05, 0.1) is 6.61 Å². The number of ether oxygens (including phenoxy) is 2. The second-order valence-corrected chi connectivity index (χ2v) is 5.56. The summed E-state index contributed by atoms with van der Waals surface area (Å²) >= 11 is 0. The number of amidine groups is 1. The van der Waals surface area contributed by atoms with Gasteiger partial charge < -0.3 is 20.3 Å². The van der Waals surface area contributed by atoms with Crippen molar-refractivity contribution < 1.29 is 14.6 Å². The zero-order valence-corrected chi connectivity index (χ0v) is 13.0. The van der Waals surface area contributed by atoms with E-state index in [1.165, 1.54) is 0 Å². The average molecular weight is 310 g/mol. The predicted molar refractivity (Wildman–Crippen MR) is 92.0 cm³/mol. The van der Waals surface area contributed by atoms with Crippen LogP contribution in [0.25, 0.3) is 0 Å². The maximum Gasteiger partial charge on any atom is 0.283 e. The lowest BCUT2D eigenvalue weighted by atomic mass is 9.81. The number of aliphatic hydroxyl groups is 1. The van der Waals surface area contributed by atoms with Crippen LogP contribution in [0.2, 0.25) is 0 Å². The van der Waals surface area contributed by atoms with Crippen LogP contribution in [-0.2, 0) is 10.3 Å². The van der Waals surface area contributed by atoms with E-state index in [0.717, 1.165) is 16.6 Å². The van der Waals surface area contributed by atoms with Crippen LogP contribution < -0.4 is 15.9 Å². The molecule has 0 saturated heterocycles. The molecule has 1 atom stereocenters. The number of nitrogens with two attached hydrogens (primary N) is 1. The smallest absolute Gasteiger partial charge is 0.283 e. The van der Waals surface area contributed by atoms with E-state index in [-0.39, 0.29) is 19.2 Å². The van der Waals surface area contributed by atoms with Gasteiger partial charge in [0.2, 0.25) is 0 Å². The molecule has 6 heteroatoms. The number of hydrogen-bond acceptors (Lipinski definition) is 5. The quantitative estimate of drug-likeness (QED) is 0.757. The molecule has 2 aromatic rings. The standard InChI is InChI=1S/C17H19BN2O3/c18-14-3-1-2-13(10-14)17(11-23-16(19)20-17)12-4-6-15(7-5-12)22-9-8-21/h1-7,10,21H,8-9,11,18H2,(H2,19,20). The highest BCUT2D eigenvalue weighted by atomic mass is 16.5. The van der Waals surface area contributed by atoms with Gasteiger partial charge in [-0.1, -0.05) is 41.9 Å². The van der Waals surface area contributed by atoms with Crippen LogP contribution in [0.5, 0.6) is 5.75 Å². The Morgan fingerprint density at radius 3 is 2.61 bits per heavy atom. The van der Waals surface area contributed by atoms with Crippen molar-refractivity contribution in [2.75, 3.05) is 19.8 Å². The summed E-state index contributed by atoms with van der Waals surface area (Å²) in [6.07, 6.45) is 0. The second kappa shape index (κ2) is 6.34. The number of hydrogen-bond donors (Lipinski definition) is 2. The Kier molecular flexibility index (Phi) is 4.25. The van der Waals surface area contributed by atoms with Gasteiger partial charge in [-0.05, 0) is 23.3 Å². The van der Waals surface area contributed by atoms with E-state index in [1.807, 2.05) is 50.3 Å². The lowest BCUT2D eigenvalue weighted by Gasteiger charge is -2.25. The molecular formula is C17H19BN2O3. The van der Waals surface area contributed by atoms with Gasteiger partial charge in [0.1, 0.15) is 32.3 Å². The highest BCUT2D eigenvalue weighted by molar-refractivity contribution is 6.32. The number of nitrogens with zero attached hydrogens (tertiary/aromatic N) is 1. The van der Waals surface area contributed by atoms with Gasteiger partial charge in [-0.15, -0.1) is 0 Å². The average Bonchev–Trinajstić information content (AvgIpc) is 2.97. The molecule has 0 spiro atoms. The molecule has 0 amide bonds. The molecule has 0 fully saturated rings. The molecule has 0 saturated carbocycles. The summed E-state index contributed by atoms with van der Waals surface area (Å²) in [4.78, 5) is 4.58. The highest BCUT2D eigenvalue weighted by Crippen LogP contribution is 2.37. The topological polar surface area (TPSA) is 77.1 Å². The third-order valence-corrected chi connectivity index (χ3v) is 3.92. The highest BCUT2D eigenvalue weighted by Gasteiger charge is 2.39. The van der Waals surface area contributed by atoms with Gasteiger partial charge in [-0.25, -0.2) is 4.99 Å². The van der Waals surface area contributed by atoms with E-state index in [9.17, 15) is 0 Å². The van der Waals surface area contributed by atoms with E-state index in [4.69, 9.17) is 20.3 Å². The minimum Gasteiger partial charge on any atom is -0.491 e. The molecule has 5 nitrogen and oxygen atoms in total. The Balaban J connectivity index is 2.00. The zero-order valence-electron chi connectivity index (χ0n) is 13.0. The summed E-state index contributed by atoms with van der Waals surface area (Å²) in [5, 5.41) is 8.83. The normalized spacial score (nSPS) is 20.0. The maximum atomic E-state index is 8.83. The van der Waals surface area contributed by atoms with Crippen molar-refractivity contribution in [2.45, 2.75) is 5.54 Å². The maximum absolute atomic E-state index is 8.83. The number of rotatable bonds is 5. The van der Waals surface area contributed by atoms with Gasteiger partial charge in [-0.2, -0.15) is 0 Å². The fourth-order valence-electron chi connectivity index (χ4n) is 2.79. The lowest BCUT2D eigenvalue weighted by Crippen LogP contribution is -2.28. The third-order valence-electron chi connectivity index (χ3n) is 3.92. The first kappa shape index (κ1) is 15.4. The van der Waals surface area contributed by atoms with E-state index < -0.39 is 5.54 Å². The van der Waals surface area contributed by atoms with Gasteiger partial charge in [0.15, 0.2) is 0 Å². The number of benzene rings is 2. The summed E-state index contributed by atoms with van der Waals surface area (Å²) < 4.78 is 10.9. The second-order valence-electron chi connectivity index (χ2n) is 5.56. The van der Waals surface area contributed by atoms with E-state index >= 15 is 0 Å². The first-order valence-electron chi connectivity index (χ1n) is 7.53. The van der Waals surface area contributed by atoms with Crippen LogP contribution in [0, 0.1) is 0 Å². The molecule has 1 unspecified atom stereocenters. The van der Waals surface area contributed by atoms with Crippen molar-refractivity contribution in [1.29, 1.82) is 0 Å². The molecule has 3 N–H and O–H groups in total. The van der Waals surface area contributed by atoms with Crippen molar-refractivity contribution in [1.82, 2.24) is 0 Å². The zero-order chi connectivity index (χ0) is 16.3. The van der Waals surface area contributed by atoms with Crippen LogP contribution in [0.15, 0.2) is 53.5 Å². The van der Waals surface area contributed by atoms with Gasteiger partial charge in [0, 0.05) is 0 Å². The minimum atomic E-state index is -0.633. The van der Waals surface area contributed by atoms with Crippen LogP contribution in [-0.4, -0.2) is 38.8 Å². The molecule has 1 aliphatic rings. The molecule has 3 rings (SSSR count). The van der Waals surface area contributed by atoms with Crippen LogP contribution >= 0.6 is 0 Å². The Hall–Kier alpha value is -2.47. The molecule has 0 radical (unpaired) electrons. The van der Waals surface area contributed by atoms with Gasteiger partial charge >= 0.3 is 0 Å². The molecule has 0 aliphatic carbocycles. The van der Waals surface area contributed by atoms with E-state index in [0.29, 0.717) is 12.4 Å². The number of aliphatic hydroxyl groups excluding tert-OH is 1. The monoisotopic (exact) mass is 310 g/mol. The summed E-state index contributed by atoms with van der Waals surface area (Å²) in [5.41, 5.74) is 8.35. The Morgan fingerprint density at radius 1 is 1.22 bits per heavy atom. The first-order chi connectivity index (χ1) is 11.1. The summed E-state index contributed by atoms with van der Waals surface area (Å²) in [7, 11) is 2.05. The Morgan fingerprint density at radius 2 is 2.00 bits per heavy atom. The van der Waals surface area contributed by atoms with E-state index in [2.05, 4.69) is 11.1 Å². The Labute approximate surface area is 136 Å².